The lowest BCUT2D eigenvalue weighted by molar-refractivity contribution is -0.139. The molecule has 1 amide bonds. The van der Waals surface area contributed by atoms with E-state index in [1.807, 2.05) is 24.0 Å². The van der Waals surface area contributed by atoms with Crippen molar-refractivity contribution in [3.05, 3.63) is 29.3 Å². The van der Waals surface area contributed by atoms with Gasteiger partial charge in [-0.1, -0.05) is 26.0 Å². The van der Waals surface area contributed by atoms with E-state index in [-0.39, 0.29) is 32.3 Å². The van der Waals surface area contributed by atoms with Crippen LogP contribution in [0.25, 0.3) is 0 Å². The van der Waals surface area contributed by atoms with Crippen molar-refractivity contribution in [2.75, 3.05) is 65.7 Å². The van der Waals surface area contributed by atoms with Gasteiger partial charge in [0, 0.05) is 44.8 Å². The zero-order chi connectivity index (χ0) is 26.4. The van der Waals surface area contributed by atoms with Crippen molar-refractivity contribution in [3.63, 3.8) is 0 Å². The van der Waals surface area contributed by atoms with Crippen LogP contribution in [0.1, 0.15) is 44.7 Å². The molecule has 3 aliphatic rings. The number of nitrogens with one attached hydrogen (secondary N) is 1. The summed E-state index contributed by atoms with van der Waals surface area (Å²) >= 11 is 0. The van der Waals surface area contributed by atoms with Crippen molar-refractivity contribution >= 4 is 15.9 Å². The quantitative estimate of drug-likeness (QED) is 0.512. The third kappa shape index (κ3) is 6.91. The highest BCUT2D eigenvalue weighted by Gasteiger charge is 2.36. The maximum atomic E-state index is 13.6. The first kappa shape index (κ1) is 28.4. The number of piperazine rings is 1. The third-order valence-corrected chi connectivity index (χ3v) is 10.0. The Labute approximate surface area is 222 Å². The van der Waals surface area contributed by atoms with Gasteiger partial charge < -0.3 is 19.7 Å². The van der Waals surface area contributed by atoms with Crippen molar-refractivity contribution in [1.82, 2.24) is 19.4 Å². The molecule has 3 fully saturated rings. The number of piperidine rings is 1. The highest BCUT2D eigenvalue weighted by Crippen LogP contribution is 2.26. The van der Waals surface area contributed by atoms with Gasteiger partial charge in [0.1, 0.15) is 6.61 Å². The number of carbonyl (C=O) groups excluding carboxylic acids is 1. The van der Waals surface area contributed by atoms with Gasteiger partial charge in [-0.15, -0.1) is 0 Å². The number of hydrogen-bond donors (Lipinski definition) is 1. The summed E-state index contributed by atoms with van der Waals surface area (Å²) in [6, 6.07) is 6.29. The predicted octanol–water partition coefficient (Wildman–Crippen LogP) is 1.50. The summed E-state index contributed by atoms with van der Waals surface area (Å²) in [6.07, 6.45) is 3.82. The number of amides is 1. The summed E-state index contributed by atoms with van der Waals surface area (Å²) < 4.78 is 40.2. The number of nitrogens with zero attached hydrogens (tertiary/aromatic N) is 3. The maximum Gasteiger partial charge on any atom is 0.248 e. The van der Waals surface area contributed by atoms with Gasteiger partial charge in [-0.3, -0.25) is 9.69 Å². The van der Waals surface area contributed by atoms with E-state index < -0.39 is 16.1 Å². The lowest BCUT2D eigenvalue weighted by Gasteiger charge is -2.42. The van der Waals surface area contributed by atoms with Gasteiger partial charge in [0.2, 0.25) is 15.9 Å². The van der Waals surface area contributed by atoms with Gasteiger partial charge in [-0.2, -0.15) is 4.31 Å². The smallest absolute Gasteiger partial charge is 0.248 e. The number of morpholine rings is 1. The molecule has 0 radical (unpaired) electrons. The molecule has 3 heterocycles. The second-order valence-electron chi connectivity index (χ2n) is 10.5. The summed E-state index contributed by atoms with van der Waals surface area (Å²) in [5, 5.41) is 3.50. The zero-order valence-electron chi connectivity index (χ0n) is 22.7. The van der Waals surface area contributed by atoms with Crippen molar-refractivity contribution in [2.45, 2.75) is 69.5 Å². The molecule has 1 aromatic rings. The van der Waals surface area contributed by atoms with Crippen LogP contribution >= 0.6 is 0 Å². The number of benzene rings is 1. The first-order chi connectivity index (χ1) is 17.8. The Morgan fingerprint density at radius 3 is 2.62 bits per heavy atom. The molecule has 208 valence electrons. The van der Waals surface area contributed by atoms with Gasteiger partial charge in [-0.25, -0.2) is 8.42 Å². The normalized spacial score (nSPS) is 26.4. The van der Waals surface area contributed by atoms with Gasteiger partial charge in [0.15, 0.2) is 0 Å². The van der Waals surface area contributed by atoms with Crippen LogP contribution in [-0.2, 0) is 37.1 Å². The SMILES string of the molecule is CCc1ccc(S(=O)(=O)N2CCOC[C@H]2COCC(=O)N2CCN(C3CCNC(C)C3)CC2)c(CC)c1. The van der Waals surface area contributed by atoms with Crippen molar-refractivity contribution < 1.29 is 22.7 Å². The highest BCUT2D eigenvalue weighted by molar-refractivity contribution is 7.89. The van der Waals surface area contributed by atoms with E-state index in [4.69, 9.17) is 9.47 Å². The van der Waals surface area contributed by atoms with E-state index in [0.717, 1.165) is 50.0 Å². The van der Waals surface area contributed by atoms with Gasteiger partial charge in [-0.05, 0) is 56.3 Å². The summed E-state index contributed by atoms with van der Waals surface area (Å²) in [7, 11) is -3.70. The summed E-state index contributed by atoms with van der Waals surface area (Å²) in [4.78, 5) is 17.6. The zero-order valence-corrected chi connectivity index (χ0v) is 23.5. The second kappa shape index (κ2) is 13.0. The molecule has 3 atom stereocenters. The maximum absolute atomic E-state index is 13.6. The van der Waals surface area contributed by atoms with Crippen LogP contribution in [0.2, 0.25) is 0 Å². The molecule has 0 spiro atoms. The molecule has 1 aromatic carbocycles. The third-order valence-electron chi connectivity index (χ3n) is 7.99. The average molecular weight is 537 g/mol. The van der Waals surface area contributed by atoms with Crippen molar-refractivity contribution in [3.8, 4) is 0 Å². The Kier molecular flexibility index (Phi) is 9.99. The van der Waals surface area contributed by atoms with Crippen LogP contribution in [0.4, 0.5) is 0 Å². The van der Waals surface area contributed by atoms with Crippen LogP contribution in [-0.4, -0.2) is 112 Å². The Morgan fingerprint density at radius 1 is 1.14 bits per heavy atom. The molecular formula is C27H44N4O5S. The van der Waals surface area contributed by atoms with E-state index in [2.05, 4.69) is 24.1 Å². The number of sulfonamides is 1. The molecular weight excluding hydrogens is 492 g/mol. The van der Waals surface area contributed by atoms with Crippen LogP contribution in [0.3, 0.4) is 0 Å². The molecule has 1 N–H and O–H groups in total. The molecule has 3 aliphatic heterocycles. The Bertz CT molecular complexity index is 1010. The van der Waals surface area contributed by atoms with Crippen molar-refractivity contribution in [1.29, 1.82) is 0 Å². The predicted molar refractivity (Wildman–Crippen MR) is 143 cm³/mol. The molecule has 0 bridgehead atoms. The highest BCUT2D eigenvalue weighted by atomic mass is 32.2. The lowest BCUT2D eigenvalue weighted by atomic mass is 9.98. The molecule has 10 heteroatoms. The van der Waals surface area contributed by atoms with E-state index in [1.165, 1.54) is 4.31 Å². The number of hydrogen-bond acceptors (Lipinski definition) is 7. The van der Waals surface area contributed by atoms with Crippen LogP contribution in [0.15, 0.2) is 23.1 Å². The van der Waals surface area contributed by atoms with Crippen molar-refractivity contribution in [2.24, 2.45) is 0 Å². The average Bonchev–Trinajstić information content (AvgIpc) is 2.92. The molecule has 9 nitrogen and oxygen atoms in total. The summed E-state index contributed by atoms with van der Waals surface area (Å²) in [6.45, 7) is 11.5. The Morgan fingerprint density at radius 2 is 1.92 bits per heavy atom. The van der Waals surface area contributed by atoms with Gasteiger partial charge in [0.05, 0.1) is 30.8 Å². The fourth-order valence-corrected chi connectivity index (χ4v) is 7.60. The molecule has 0 saturated carbocycles. The fourth-order valence-electron chi connectivity index (χ4n) is 5.74. The minimum absolute atomic E-state index is 0.0344. The van der Waals surface area contributed by atoms with E-state index in [0.29, 0.717) is 43.1 Å². The molecule has 4 rings (SSSR count). The minimum Gasteiger partial charge on any atom is -0.378 e. The number of rotatable bonds is 9. The minimum atomic E-state index is -3.70. The Hall–Kier alpha value is -1.56. The largest absolute Gasteiger partial charge is 0.378 e. The molecule has 2 unspecified atom stereocenters. The van der Waals surface area contributed by atoms with E-state index in [9.17, 15) is 13.2 Å². The molecule has 0 aliphatic carbocycles. The fraction of sp³-hybridized carbons (Fsp3) is 0.741. The topological polar surface area (TPSA) is 91.4 Å². The van der Waals surface area contributed by atoms with Gasteiger partial charge in [0.25, 0.3) is 0 Å². The Balaban J connectivity index is 1.30. The number of aryl methyl sites for hydroxylation is 2. The molecule has 0 aromatic heterocycles. The first-order valence-corrected chi connectivity index (χ1v) is 15.3. The number of carbonyl (C=O) groups is 1. The summed E-state index contributed by atoms with van der Waals surface area (Å²) in [5.74, 6) is -0.0344. The number of ether oxygens (including phenoxy) is 2. The first-order valence-electron chi connectivity index (χ1n) is 13.9. The van der Waals surface area contributed by atoms with Crippen LogP contribution < -0.4 is 5.32 Å². The molecule has 3 saturated heterocycles. The standard InChI is InChI=1S/C27H44N4O5S/c1-4-22-6-7-26(23(5-2)17-22)37(33,34)31-14-15-35-18-25(31)19-36-20-27(32)30-12-10-29(11-13-30)24-8-9-28-21(3)16-24/h6-7,17,21,24-25,28H,4-5,8-16,18-20H2,1-3H3/t21?,24?,25-/m0/s1. The van der Waals surface area contributed by atoms with Crippen LogP contribution in [0, 0.1) is 0 Å². The van der Waals surface area contributed by atoms with Crippen LogP contribution in [0.5, 0.6) is 0 Å². The monoisotopic (exact) mass is 536 g/mol. The lowest BCUT2D eigenvalue weighted by Crippen LogP contribution is -2.55. The van der Waals surface area contributed by atoms with E-state index >= 15 is 0 Å². The summed E-state index contributed by atoms with van der Waals surface area (Å²) in [5.41, 5.74) is 1.96. The van der Waals surface area contributed by atoms with Gasteiger partial charge >= 0.3 is 0 Å². The second-order valence-corrected chi connectivity index (χ2v) is 12.3. The molecule has 37 heavy (non-hydrogen) atoms. The van der Waals surface area contributed by atoms with E-state index in [1.54, 1.807) is 6.07 Å².